The molecule has 0 aliphatic carbocycles. The number of ether oxygens (including phenoxy) is 1. The van der Waals surface area contributed by atoms with E-state index in [2.05, 4.69) is 35.4 Å². The Morgan fingerprint density at radius 1 is 1.25 bits per heavy atom. The fourth-order valence-electron chi connectivity index (χ4n) is 3.28. The Labute approximate surface area is 191 Å². The number of carbonyl (C=O) groups excluding carboxylic acids is 1. The number of aliphatic hydroxyl groups is 2. The average molecular weight is 460 g/mol. The van der Waals surface area contributed by atoms with Crippen LogP contribution >= 0.6 is 11.3 Å². The third kappa shape index (κ3) is 6.15. The number of thiophene rings is 1. The van der Waals surface area contributed by atoms with Crippen LogP contribution < -0.4 is 10.1 Å². The van der Waals surface area contributed by atoms with E-state index in [4.69, 9.17) is 14.4 Å². The van der Waals surface area contributed by atoms with E-state index >= 15 is 0 Å². The lowest BCUT2D eigenvalue weighted by Crippen LogP contribution is -2.36. The van der Waals surface area contributed by atoms with Gasteiger partial charge in [-0.3, -0.25) is 4.79 Å². The molecule has 9 heteroatoms. The summed E-state index contributed by atoms with van der Waals surface area (Å²) in [6.45, 7) is 7.60. The van der Waals surface area contributed by atoms with Gasteiger partial charge >= 0.3 is 0 Å². The summed E-state index contributed by atoms with van der Waals surface area (Å²) >= 11 is 1.67. The number of carbonyl (C=O) groups is 1. The number of nitrogens with one attached hydrogen (secondary N) is 1. The lowest BCUT2D eigenvalue weighted by molar-refractivity contribution is -0.124. The molecule has 2 aromatic heterocycles. The highest BCUT2D eigenvalue weighted by molar-refractivity contribution is 7.15. The molecule has 1 aromatic carbocycles. The fraction of sp³-hybridized carbons (Fsp3) is 0.435. The number of aliphatic hydroxyl groups excluding tert-OH is 2. The minimum Gasteiger partial charge on any atom is -0.490 e. The van der Waals surface area contributed by atoms with Crippen molar-refractivity contribution in [3.63, 3.8) is 0 Å². The minimum absolute atomic E-state index is 0.00279. The molecule has 8 nitrogen and oxygen atoms in total. The third-order valence-electron chi connectivity index (χ3n) is 4.72. The molecule has 1 amide bonds. The summed E-state index contributed by atoms with van der Waals surface area (Å²) in [4.78, 5) is 17.9. The van der Waals surface area contributed by atoms with E-state index in [9.17, 15) is 9.90 Å². The Hall–Kier alpha value is -2.75. The summed E-state index contributed by atoms with van der Waals surface area (Å²) in [7, 11) is 0. The Bertz CT molecular complexity index is 1040. The fourth-order valence-corrected chi connectivity index (χ4v) is 4.42. The summed E-state index contributed by atoms with van der Waals surface area (Å²) in [6, 6.07) is 7.94. The van der Waals surface area contributed by atoms with Crippen molar-refractivity contribution >= 4 is 17.2 Å². The van der Waals surface area contributed by atoms with Crippen molar-refractivity contribution in [3.8, 4) is 27.9 Å². The summed E-state index contributed by atoms with van der Waals surface area (Å²) < 4.78 is 11.3. The SMILES string of the molecule is Cc1cc(-c2noc(-c3ccc(CC(C)C)s3)n2)cc(C)c1OC[C@@H](O)CNC(=O)CO. The number of amides is 1. The first kappa shape index (κ1) is 23.9. The highest BCUT2D eigenvalue weighted by atomic mass is 32.1. The highest BCUT2D eigenvalue weighted by Crippen LogP contribution is 2.32. The molecular weight excluding hydrogens is 430 g/mol. The number of rotatable bonds is 10. The molecule has 0 radical (unpaired) electrons. The van der Waals surface area contributed by atoms with Crippen LogP contribution in [0.3, 0.4) is 0 Å². The van der Waals surface area contributed by atoms with E-state index in [0.29, 0.717) is 23.4 Å². The molecule has 3 rings (SSSR count). The first-order chi connectivity index (χ1) is 15.3. The van der Waals surface area contributed by atoms with Crippen LogP contribution in [0, 0.1) is 19.8 Å². The number of benzene rings is 1. The molecular formula is C23H29N3O5S. The second-order valence-electron chi connectivity index (χ2n) is 8.15. The monoisotopic (exact) mass is 459 g/mol. The Morgan fingerprint density at radius 3 is 2.62 bits per heavy atom. The highest BCUT2D eigenvalue weighted by Gasteiger charge is 2.16. The zero-order chi connectivity index (χ0) is 23.3. The molecule has 1 atom stereocenters. The molecule has 0 unspecified atom stereocenters. The molecule has 0 aliphatic rings. The van der Waals surface area contributed by atoms with Crippen LogP contribution in [-0.2, 0) is 11.2 Å². The van der Waals surface area contributed by atoms with Gasteiger partial charge in [-0.15, -0.1) is 11.3 Å². The summed E-state index contributed by atoms with van der Waals surface area (Å²) in [5, 5.41) is 25.2. The number of aryl methyl sites for hydroxylation is 2. The van der Waals surface area contributed by atoms with E-state index in [1.807, 2.05) is 32.0 Å². The quantitative estimate of drug-likeness (QED) is 0.426. The third-order valence-corrected chi connectivity index (χ3v) is 5.82. The van der Waals surface area contributed by atoms with Gasteiger partial charge in [0, 0.05) is 17.0 Å². The van der Waals surface area contributed by atoms with Crippen LogP contribution in [0.5, 0.6) is 5.75 Å². The van der Waals surface area contributed by atoms with Gasteiger partial charge in [-0.2, -0.15) is 4.98 Å². The summed E-state index contributed by atoms with van der Waals surface area (Å²) in [5.74, 6) is 1.71. The maximum Gasteiger partial charge on any atom is 0.268 e. The number of hydrogen-bond acceptors (Lipinski definition) is 8. The summed E-state index contributed by atoms with van der Waals surface area (Å²) in [6.07, 6.45) is 0.128. The molecule has 2 heterocycles. The lowest BCUT2D eigenvalue weighted by Gasteiger charge is -2.16. The maximum absolute atomic E-state index is 11.1. The van der Waals surface area contributed by atoms with Gasteiger partial charge < -0.3 is 24.8 Å². The predicted octanol–water partition coefficient (Wildman–Crippen LogP) is 3.13. The molecule has 0 saturated carbocycles. The van der Waals surface area contributed by atoms with Gasteiger partial charge in [-0.1, -0.05) is 19.0 Å². The molecule has 0 saturated heterocycles. The lowest BCUT2D eigenvalue weighted by atomic mass is 10.1. The van der Waals surface area contributed by atoms with Gasteiger partial charge in [0.25, 0.3) is 5.89 Å². The standard InChI is InChI=1S/C23H29N3O5S/c1-13(2)7-18-5-6-19(32-18)23-25-22(26-31-23)16-8-14(3)21(15(4)9-16)30-12-17(28)10-24-20(29)11-27/h5-6,8-9,13,17,27-28H,7,10-12H2,1-4H3,(H,24,29)/t17-/m0/s1. The molecule has 3 N–H and O–H groups in total. The van der Waals surface area contributed by atoms with Crippen LogP contribution in [0.15, 0.2) is 28.8 Å². The van der Waals surface area contributed by atoms with E-state index in [1.165, 1.54) is 4.88 Å². The minimum atomic E-state index is -0.893. The van der Waals surface area contributed by atoms with Crippen molar-refractivity contribution < 1.29 is 24.3 Å². The van der Waals surface area contributed by atoms with E-state index in [-0.39, 0.29) is 13.2 Å². The van der Waals surface area contributed by atoms with Crippen LogP contribution in [0.1, 0.15) is 29.9 Å². The van der Waals surface area contributed by atoms with Crippen LogP contribution in [0.25, 0.3) is 22.2 Å². The van der Waals surface area contributed by atoms with Crippen LogP contribution in [0.2, 0.25) is 0 Å². The zero-order valence-corrected chi connectivity index (χ0v) is 19.5. The molecule has 0 spiro atoms. The van der Waals surface area contributed by atoms with Gasteiger partial charge in [-0.05, 0) is 61.6 Å². The van der Waals surface area contributed by atoms with Crippen molar-refractivity contribution in [2.24, 2.45) is 5.92 Å². The second-order valence-corrected chi connectivity index (χ2v) is 9.32. The van der Waals surface area contributed by atoms with Gasteiger partial charge in [0.05, 0.1) is 4.88 Å². The zero-order valence-electron chi connectivity index (χ0n) is 18.7. The van der Waals surface area contributed by atoms with Crippen molar-refractivity contribution in [2.45, 2.75) is 40.2 Å². The molecule has 172 valence electrons. The second kappa shape index (κ2) is 10.7. The van der Waals surface area contributed by atoms with Crippen LogP contribution in [-0.4, -0.2) is 52.1 Å². The molecule has 3 aromatic rings. The Balaban J connectivity index is 1.68. The van der Waals surface area contributed by atoms with Crippen LogP contribution in [0.4, 0.5) is 0 Å². The molecule has 32 heavy (non-hydrogen) atoms. The smallest absolute Gasteiger partial charge is 0.268 e. The molecule has 0 aliphatic heterocycles. The number of hydrogen-bond donors (Lipinski definition) is 3. The maximum atomic E-state index is 11.1. The van der Waals surface area contributed by atoms with Gasteiger partial charge in [0.1, 0.15) is 25.1 Å². The van der Waals surface area contributed by atoms with Crippen molar-refractivity contribution in [1.29, 1.82) is 0 Å². The van der Waals surface area contributed by atoms with E-state index < -0.39 is 18.6 Å². The number of nitrogens with zero attached hydrogens (tertiary/aromatic N) is 2. The number of aromatic nitrogens is 2. The van der Waals surface area contributed by atoms with Gasteiger partial charge in [0.15, 0.2) is 0 Å². The van der Waals surface area contributed by atoms with E-state index in [1.54, 1.807) is 11.3 Å². The van der Waals surface area contributed by atoms with Gasteiger partial charge in [-0.25, -0.2) is 0 Å². The van der Waals surface area contributed by atoms with Gasteiger partial charge in [0.2, 0.25) is 11.7 Å². The van der Waals surface area contributed by atoms with Crippen molar-refractivity contribution in [2.75, 3.05) is 19.8 Å². The average Bonchev–Trinajstić information content (AvgIpc) is 3.40. The molecule has 0 fully saturated rings. The molecule has 0 bridgehead atoms. The summed E-state index contributed by atoms with van der Waals surface area (Å²) in [5.41, 5.74) is 2.55. The topological polar surface area (TPSA) is 118 Å². The van der Waals surface area contributed by atoms with Crippen molar-refractivity contribution in [1.82, 2.24) is 15.5 Å². The first-order valence-electron chi connectivity index (χ1n) is 10.5. The van der Waals surface area contributed by atoms with Crippen molar-refractivity contribution in [3.05, 3.63) is 40.3 Å². The Kier molecular flexibility index (Phi) is 8.00. The first-order valence-corrected chi connectivity index (χ1v) is 11.3. The van der Waals surface area contributed by atoms with E-state index in [0.717, 1.165) is 28.0 Å². The Morgan fingerprint density at radius 2 is 1.97 bits per heavy atom. The normalized spacial score (nSPS) is 12.2. The largest absolute Gasteiger partial charge is 0.490 e. The predicted molar refractivity (Wildman–Crippen MR) is 123 cm³/mol.